The van der Waals surface area contributed by atoms with Gasteiger partial charge in [0.25, 0.3) is 5.91 Å². The van der Waals surface area contributed by atoms with Gasteiger partial charge in [-0.05, 0) is 41.5 Å². The number of primary sulfonamides is 1. The molecule has 138 valence electrons. The Labute approximate surface area is 157 Å². The third kappa shape index (κ3) is 4.33. The lowest BCUT2D eigenvalue weighted by Crippen LogP contribution is -2.15. The van der Waals surface area contributed by atoms with Crippen molar-refractivity contribution in [3.05, 3.63) is 78.4 Å². The van der Waals surface area contributed by atoms with Gasteiger partial charge in [0.1, 0.15) is 5.75 Å². The Morgan fingerprint density at radius 1 is 0.926 bits per heavy atom. The molecule has 27 heavy (non-hydrogen) atoms. The van der Waals surface area contributed by atoms with Gasteiger partial charge in [0.05, 0.1) is 17.7 Å². The average Bonchev–Trinajstić information content (AvgIpc) is 2.68. The molecule has 0 spiro atoms. The first-order valence-electron chi connectivity index (χ1n) is 8.06. The van der Waals surface area contributed by atoms with E-state index < -0.39 is 10.0 Å². The molecule has 0 saturated heterocycles. The van der Waals surface area contributed by atoms with Crippen LogP contribution in [-0.4, -0.2) is 21.4 Å². The van der Waals surface area contributed by atoms with Crippen molar-refractivity contribution in [3.8, 4) is 16.9 Å². The largest absolute Gasteiger partial charge is 0.495 e. The maximum atomic E-state index is 12.5. The second-order valence-electron chi connectivity index (χ2n) is 5.80. The van der Waals surface area contributed by atoms with Crippen molar-refractivity contribution < 1.29 is 17.9 Å². The molecule has 3 rings (SSSR count). The highest BCUT2D eigenvalue weighted by Gasteiger charge is 2.15. The highest BCUT2D eigenvalue weighted by molar-refractivity contribution is 7.89. The normalized spacial score (nSPS) is 11.0. The first kappa shape index (κ1) is 18.6. The van der Waals surface area contributed by atoms with Crippen LogP contribution < -0.4 is 15.2 Å². The minimum atomic E-state index is -3.89. The molecule has 0 atom stereocenters. The molecule has 0 unspecified atom stereocenters. The number of sulfonamides is 1. The van der Waals surface area contributed by atoms with Gasteiger partial charge in [0, 0.05) is 5.56 Å². The molecular weight excluding hydrogens is 364 g/mol. The fraction of sp³-hybridized carbons (Fsp3) is 0.0500. The lowest BCUT2D eigenvalue weighted by Gasteiger charge is -2.12. The Bertz CT molecular complexity index is 1060. The van der Waals surface area contributed by atoms with Crippen molar-refractivity contribution >= 4 is 21.6 Å². The SMILES string of the molecule is COc1ccc(S(N)(=O)=O)cc1NC(=O)c1ccc(-c2ccccc2)cc1. The smallest absolute Gasteiger partial charge is 0.255 e. The standard InChI is InChI=1S/C20H18N2O4S/c1-26-19-12-11-17(27(21,24)25)13-18(19)22-20(23)16-9-7-15(8-10-16)14-5-3-2-4-6-14/h2-13H,1H3,(H,22,23)(H2,21,24,25). The van der Waals surface area contributed by atoms with Gasteiger partial charge in [0.2, 0.25) is 10.0 Å². The number of hydrogen-bond acceptors (Lipinski definition) is 4. The molecule has 0 bridgehead atoms. The second kappa shape index (κ2) is 7.61. The maximum Gasteiger partial charge on any atom is 0.255 e. The first-order valence-corrected chi connectivity index (χ1v) is 9.61. The number of anilines is 1. The predicted octanol–water partition coefficient (Wildman–Crippen LogP) is 3.26. The van der Waals surface area contributed by atoms with Gasteiger partial charge < -0.3 is 10.1 Å². The molecule has 0 aliphatic heterocycles. The van der Waals surface area contributed by atoms with E-state index in [0.29, 0.717) is 11.3 Å². The van der Waals surface area contributed by atoms with Crippen LogP contribution >= 0.6 is 0 Å². The quantitative estimate of drug-likeness (QED) is 0.707. The third-order valence-electron chi connectivity index (χ3n) is 4.00. The average molecular weight is 382 g/mol. The van der Waals surface area contributed by atoms with Gasteiger partial charge in [0.15, 0.2) is 0 Å². The second-order valence-corrected chi connectivity index (χ2v) is 7.37. The van der Waals surface area contributed by atoms with Gasteiger partial charge in [-0.25, -0.2) is 13.6 Å². The Hall–Kier alpha value is -3.16. The first-order chi connectivity index (χ1) is 12.9. The van der Waals surface area contributed by atoms with Gasteiger partial charge in [-0.15, -0.1) is 0 Å². The van der Waals surface area contributed by atoms with Crippen molar-refractivity contribution in [2.75, 3.05) is 12.4 Å². The number of rotatable bonds is 5. The van der Waals surface area contributed by atoms with E-state index in [0.717, 1.165) is 11.1 Å². The summed E-state index contributed by atoms with van der Waals surface area (Å²) in [4.78, 5) is 12.4. The summed E-state index contributed by atoms with van der Waals surface area (Å²) in [5.74, 6) is -0.0591. The topological polar surface area (TPSA) is 98.5 Å². The van der Waals surface area contributed by atoms with E-state index in [-0.39, 0.29) is 16.5 Å². The molecule has 0 aliphatic carbocycles. The molecule has 0 fully saturated rings. The number of nitrogens with two attached hydrogens (primary N) is 1. The summed E-state index contributed by atoms with van der Waals surface area (Å²) in [7, 11) is -2.47. The Kier molecular flexibility index (Phi) is 5.25. The van der Waals surface area contributed by atoms with Crippen molar-refractivity contribution in [1.29, 1.82) is 0 Å². The summed E-state index contributed by atoms with van der Waals surface area (Å²) in [5, 5.41) is 7.82. The fourth-order valence-electron chi connectivity index (χ4n) is 2.60. The molecule has 7 heteroatoms. The van der Waals surface area contributed by atoms with E-state index in [1.807, 2.05) is 42.5 Å². The number of carbonyl (C=O) groups excluding carboxylic acids is 1. The van der Waals surface area contributed by atoms with Crippen LogP contribution in [-0.2, 0) is 10.0 Å². The van der Waals surface area contributed by atoms with Gasteiger partial charge in [-0.3, -0.25) is 4.79 Å². The summed E-state index contributed by atoms with van der Waals surface area (Å²) in [6, 6.07) is 20.9. The predicted molar refractivity (Wildman–Crippen MR) is 104 cm³/mol. The molecule has 3 aromatic rings. The number of nitrogens with one attached hydrogen (secondary N) is 1. The van der Waals surface area contributed by atoms with Crippen LogP contribution in [0.2, 0.25) is 0 Å². The Balaban J connectivity index is 1.85. The molecular formula is C20H18N2O4S. The van der Waals surface area contributed by atoms with Crippen molar-refractivity contribution in [1.82, 2.24) is 0 Å². The summed E-state index contributed by atoms with van der Waals surface area (Å²) in [6.45, 7) is 0. The zero-order chi connectivity index (χ0) is 19.4. The minimum absolute atomic E-state index is 0.113. The monoisotopic (exact) mass is 382 g/mol. The molecule has 0 aliphatic rings. The lowest BCUT2D eigenvalue weighted by atomic mass is 10.0. The number of carbonyl (C=O) groups is 1. The van der Waals surface area contributed by atoms with Crippen LogP contribution in [0.3, 0.4) is 0 Å². The molecule has 6 nitrogen and oxygen atoms in total. The van der Waals surface area contributed by atoms with Crippen molar-refractivity contribution in [3.63, 3.8) is 0 Å². The highest BCUT2D eigenvalue weighted by atomic mass is 32.2. The van der Waals surface area contributed by atoms with Gasteiger partial charge in [-0.2, -0.15) is 0 Å². The van der Waals surface area contributed by atoms with Crippen LogP contribution in [0, 0.1) is 0 Å². The van der Waals surface area contributed by atoms with E-state index in [1.54, 1.807) is 12.1 Å². The van der Waals surface area contributed by atoms with Crippen LogP contribution in [0.4, 0.5) is 5.69 Å². The van der Waals surface area contributed by atoms with Gasteiger partial charge >= 0.3 is 0 Å². The van der Waals surface area contributed by atoms with E-state index in [1.165, 1.54) is 25.3 Å². The van der Waals surface area contributed by atoms with Crippen molar-refractivity contribution in [2.24, 2.45) is 5.14 Å². The molecule has 0 saturated carbocycles. The molecule has 0 radical (unpaired) electrons. The van der Waals surface area contributed by atoms with Crippen LogP contribution in [0.5, 0.6) is 5.75 Å². The number of ether oxygens (including phenoxy) is 1. The van der Waals surface area contributed by atoms with Crippen LogP contribution in [0.15, 0.2) is 77.7 Å². The Morgan fingerprint density at radius 3 is 2.15 bits per heavy atom. The zero-order valence-corrected chi connectivity index (χ0v) is 15.4. The van der Waals surface area contributed by atoms with E-state index in [9.17, 15) is 13.2 Å². The summed E-state index contributed by atoms with van der Waals surface area (Å²) >= 11 is 0. The minimum Gasteiger partial charge on any atom is -0.495 e. The number of methoxy groups -OCH3 is 1. The summed E-state index contributed by atoms with van der Waals surface area (Å²) in [6.07, 6.45) is 0. The molecule has 1 amide bonds. The van der Waals surface area contributed by atoms with E-state index >= 15 is 0 Å². The van der Waals surface area contributed by atoms with E-state index in [4.69, 9.17) is 9.88 Å². The fourth-order valence-corrected chi connectivity index (χ4v) is 3.14. The third-order valence-corrected chi connectivity index (χ3v) is 4.91. The summed E-state index contributed by atoms with van der Waals surface area (Å²) < 4.78 is 28.3. The number of benzene rings is 3. The van der Waals surface area contributed by atoms with Crippen molar-refractivity contribution in [2.45, 2.75) is 4.90 Å². The molecule has 0 aromatic heterocycles. The van der Waals surface area contributed by atoms with Crippen LogP contribution in [0.1, 0.15) is 10.4 Å². The summed E-state index contributed by atoms with van der Waals surface area (Å²) in [5.41, 5.74) is 2.69. The Morgan fingerprint density at radius 2 is 1.56 bits per heavy atom. The lowest BCUT2D eigenvalue weighted by molar-refractivity contribution is 0.102. The van der Waals surface area contributed by atoms with Crippen LogP contribution in [0.25, 0.3) is 11.1 Å². The molecule has 3 N–H and O–H groups in total. The van der Waals surface area contributed by atoms with E-state index in [2.05, 4.69) is 5.32 Å². The number of amides is 1. The zero-order valence-electron chi connectivity index (χ0n) is 14.5. The highest BCUT2D eigenvalue weighted by Crippen LogP contribution is 2.28. The molecule has 0 heterocycles. The maximum absolute atomic E-state index is 12.5. The molecule has 3 aromatic carbocycles. The number of hydrogen-bond donors (Lipinski definition) is 2. The van der Waals surface area contributed by atoms with Gasteiger partial charge in [-0.1, -0.05) is 42.5 Å².